The third kappa shape index (κ3) is 2.60. The lowest BCUT2D eigenvalue weighted by Gasteiger charge is -2.28. The van der Waals surface area contributed by atoms with E-state index in [2.05, 4.69) is 21.2 Å². The molecule has 3 N–H and O–H groups in total. The first-order valence-electron chi connectivity index (χ1n) is 6.85. The molecule has 4 nitrogen and oxygen atoms in total. The standard InChI is InChI=1S/C16H17ClN4/c1-11-16(21-8-3-2-7-14(21)10-18)15(20-19-11)12-5-4-6-13(17)9-12/h2-7,9H,8,10,18H2,1H3,(H,19,20). The molecule has 0 spiro atoms. The van der Waals surface area contributed by atoms with Gasteiger partial charge < -0.3 is 10.6 Å². The van der Waals surface area contributed by atoms with Crippen LogP contribution in [0, 0.1) is 6.92 Å². The molecular weight excluding hydrogens is 284 g/mol. The van der Waals surface area contributed by atoms with Gasteiger partial charge in [0.05, 0.1) is 17.1 Å². The number of hydrogen-bond acceptors (Lipinski definition) is 3. The number of rotatable bonds is 3. The van der Waals surface area contributed by atoms with Crippen molar-refractivity contribution in [3.05, 3.63) is 58.9 Å². The van der Waals surface area contributed by atoms with E-state index in [4.69, 9.17) is 17.3 Å². The summed E-state index contributed by atoms with van der Waals surface area (Å²) in [5, 5.41) is 8.19. The van der Waals surface area contributed by atoms with Crippen molar-refractivity contribution < 1.29 is 0 Å². The largest absolute Gasteiger partial charge is 0.337 e. The maximum atomic E-state index is 6.11. The zero-order valence-corrected chi connectivity index (χ0v) is 12.6. The zero-order valence-electron chi connectivity index (χ0n) is 11.8. The number of nitrogens with one attached hydrogen (secondary N) is 1. The van der Waals surface area contributed by atoms with Gasteiger partial charge in [-0.25, -0.2) is 0 Å². The van der Waals surface area contributed by atoms with Gasteiger partial charge in [-0.2, -0.15) is 5.10 Å². The third-order valence-electron chi connectivity index (χ3n) is 3.57. The summed E-state index contributed by atoms with van der Waals surface area (Å²) in [4.78, 5) is 2.19. The lowest BCUT2D eigenvalue weighted by Crippen LogP contribution is -2.29. The fraction of sp³-hybridized carbons (Fsp3) is 0.188. The molecule has 1 aliphatic rings. The summed E-state index contributed by atoms with van der Waals surface area (Å²) in [5.74, 6) is 0. The van der Waals surface area contributed by atoms with Crippen LogP contribution in [-0.4, -0.2) is 23.3 Å². The van der Waals surface area contributed by atoms with E-state index in [0.29, 0.717) is 11.6 Å². The van der Waals surface area contributed by atoms with Crippen molar-refractivity contribution in [2.24, 2.45) is 5.73 Å². The Balaban J connectivity index is 2.10. The molecule has 0 bridgehead atoms. The van der Waals surface area contributed by atoms with E-state index in [0.717, 1.165) is 34.9 Å². The maximum Gasteiger partial charge on any atom is 0.0906 e. The smallest absolute Gasteiger partial charge is 0.0906 e. The molecule has 0 saturated heterocycles. The van der Waals surface area contributed by atoms with Crippen LogP contribution in [0.15, 0.2) is 48.2 Å². The molecule has 1 aromatic carbocycles. The predicted molar refractivity (Wildman–Crippen MR) is 87.4 cm³/mol. The van der Waals surface area contributed by atoms with Crippen LogP contribution in [0.1, 0.15) is 5.69 Å². The Morgan fingerprint density at radius 3 is 3.05 bits per heavy atom. The van der Waals surface area contributed by atoms with E-state index in [9.17, 15) is 0 Å². The normalized spacial score (nSPS) is 14.4. The summed E-state index contributed by atoms with van der Waals surface area (Å²) in [6, 6.07) is 7.76. The van der Waals surface area contributed by atoms with Crippen LogP contribution in [0.5, 0.6) is 0 Å². The van der Waals surface area contributed by atoms with Crippen molar-refractivity contribution in [3.8, 4) is 11.3 Å². The Morgan fingerprint density at radius 2 is 2.29 bits per heavy atom. The van der Waals surface area contributed by atoms with E-state index in [1.807, 2.05) is 43.3 Å². The van der Waals surface area contributed by atoms with Crippen molar-refractivity contribution in [2.75, 3.05) is 18.0 Å². The molecule has 0 saturated carbocycles. The quantitative estimate of drug-likeness (QED) is 0.915. The minimum atomic E-state index is 0.490. The number of benzene rings is 1. The Morgan fingerprint density at radius 1 is 1.43 bits per heavy atom. The third-order valence-corrected chi connectivity index (χ3v) is 3.80. The lowest BCUT2D eigenvalue weighted by molar-refractivity contribution is 0.935. The molecule has 2 aromatic rings. The van der Waals surface area contributed by atoms with Crippen LogP contribution < -0.4 is 10.6 Å². The molecule has 5 heteroatoms. The summed E-state index contributed by atoms with van der Waals surface area (Å²) < 4.78 is 0. The monoisotopic (exact) mass is 300 g/mol. The average molecular weight is 301 g/mol. The van der Waals surface area contributed by atoms with Gasteiger partial charge in [-0.15, -0.1) is 0 Å². The SMILES string of the molecule is Cc1n[nH]c(-c2cccc(Cl)c2)c1N1CC=CC=C1CN. The first-order valence-corrected chi connectivity index (χ1v) is 7.22. The number of allylic oxidation sites excluding steroid dienone is 2. The van der Waals surface area contributed by atoms with Gasteiger partial charge in [0, 0.05) is 29.4 Å². The van der Waals surface area contributed by atoms with Crippen LogP contribution in [0.2, 0.25) is 5.02 Å². The summed E-state index contributed by atoms with van der Waals surface area (Å²) in [6.45, 7) is 3.27. The Bertz CT molecular complexity index is 715. The summed E-state index contributed by atoms with van der Waals surface area (Å²) >= 11 is 6.11. The minimum Gasteiger partial charge on any atom is -0.337 e. The van der Waals surface area contributed by atoms with Gasteiger partial charge in [0.15, 0.2) is 0 Å². The van der Waals surface area contributed by atoms with E-state index >= 15 is 0 Å². The van der Waals surface area contributed by atoms with Crippen LogP contribution >= 0.6 is 11.6 Å². The number of aromatic amines is 1. The Kier molecular flexibility index (Phi) is 3.82. The van der Waals surface area contributed by atoms with Crippen LogP contribution in [-0.2, 0) is 0 Å². The Hall–Kier alpha value is -2.04. The molecule has 21 heavy (non-hydrogen) atoms. The molecule has 3 rings (SSSR count). The lowest BCUT2D eigenvalue weighted by atomic mass is 10.1. The highest BCUT2D eigenvalue weighted by Gasteiger charge is 2.21. The van der Waals surface area contributed by atoms with Gasteiger partial charge in [0.25, 0.3) is 0 Å². The first-order chi connectivity index (χ1) is 10.2. The number of nitrogens with two attached hydrogens (primary N) is 1. The van der Waals surface area contributed by atoms with Gasteiger partial charge in [0.1, 0.15) is 0 Å². The number of nitrogens with zero attached hydrogens (tertiary/aromatic N) is 2. The molecule has 1 aliphatic heterocycles. The van der Waals surface area contributed by atoms with Crippen molar-refractivity contribution >= 4 is 17.3 Å². The zero-order chi connectivity index (χ0) is 14.8. The topological polar surface area (TPSA) is 57.9 Å². The number of aromatic nitrogens is 2. The van der Waals surface area contributed by atoms with Gasteiger partial charge >= 0.3 is 0 Å². The maximum absolute atomic E-state index is 6.11. The number of H-pyrrole nitrogens is 1. The second kappa shape index (κ2) is 5.76. The molecule has 2 heterocycles. The highest BCUT2D eigenvalue weighted by atomic mass is 35.5. The molecular formula is C16H17ClN4. The number of aryl methyl sites for hydroxylation is 1. The summed E-state index contributed by atoms with van der Waals surface area (Å²) in [5.41, 5.74) is 10.9. The highest BCUT2D eigenvalue weighted by Crippen LogP contribution is 2.35. The van der Waals surface area contributed by atoms with E-state index in [1.54, 1.807) is 0 Å². The Labute approximate surface area is 128 Å². The fourth-order valence-corrected chi connectivity index (χ4v) is 2.76. The fourth-order valence-electron chi connectivity index (χ4n) is 2.57. The van der Waals surface area contributed by atoms with Gasteiger partial charge in [-0.3, -0.25) is 5.10 Å². The highest BCUT2D eigenvalue weighted by molar-refractivity contribution is 6.30. The van der Waals surface area contributed by atoms with Crippen LogP contribution in [0.3, 0.4) is 0 Å². The second-order valence-electron chi connectivity index (χ2n) is 4.94. The van der Waals surface area contributed by atoms with E-state index in [1.165, 1.54) is 0 Å². The number of halogens is 1. The van der Waals surface area contributed by atoms with Gasteiger partial charge in [-0.1, -0.05) is 35.9 Å². The molecule has 0 fully saturated rings. The van der Waals surface area contributed by atoms with E-state index < -0.39 is 0 Å². The van der Waals surface area contributed by atoms with Gasteiger partial charge in [0.2, 0.25) is 0 Å². The number of anilines is 1. The second-order valence-corrected chi connectivity index (χ2v) is 5.38. The molecule has 1 aromatic heterocycles. The van der Waals surface area contributed by atoms with Crippen LogP contribution in [0.25, 0.3) is 11.3 Å². The van der Waals surface area contributed by atoms with Crippen molar-refractivity contribution in [1.29, 1.82) is 0 Å². The van der Waals surface area contributed by atoms with Gasteiger partial charge in [-0.05, 0) is 25.1 Å². The molecule has 108 valence electrons. The first kappa shape index (κ1) is 13.9. The molecule has 0 unspecified atom stereocenters. The summed E-state index contributed by atoms with van der Waals surface area (Å²) in [6.07, 6.45) is 6.18. The van der Waals surface area contributed by atoms with Crippen molar-refractivity contribution in [3.63, 3.8) is 0 Å². The number of hydrogen-bond donors (Lipinski definition) is 2. The molecule has 0 radical (unpaired) electrons. The van der Waals surface area contributed by atoms with Crippen molar-refractivity contribution in [2.45, 2.75) is 6.92 Å². The van der Waals surface area contributed by atoms with Crippen molar-refractivity contribution in [1.82, 2.24) is 10.2 Å². The molecule has 0 atom stereocenters. The predicted octanol–water partition coefficient (Wildman–Crippen LogP) is 3.26. The minimum absolute atomic E-state index is 0.490. The van der Waals surface area contributed by atoms with E-state index in [-0.39, 0.29) is 0 Å². The average Bonchev–Trinajstić information content (AvgIpc) is 2.89. The van der Waals surface area contributed by atoms with Crippen LogP contribution in [0.4, 0.5) is 5.69 Å². The molecule has 0 amide bonds. The molecule has 0 aliphatic carbocycles. The summed E-state index contributed by atoms with van der Waals surface area (Å²) in [7, 11) is 0.